The van der Waals surface area contributed by atoms with Gasteiger partial charge in [-0.3, -0.25) is 4.79 Å². The molecule has 0 radical (unpaired) electrons. The monoisotopic (exact) mass is 387 g/mol. The van der Waals surface area contributed by atoms with Crippen LogP contribution in [0.4, 0.5) is 0 Å². The summed E-state index contributed by atoms with van der Waals surface area (Å²) in [4.78, 5) is 26.4. The molecule has 0 aromatic carbocycles. The van der Waals surface area contributed by atoms with Crippen LogP contribution < -0.4 is 5.69 Å². The van der Waals surface area contributed by atoms with Gasteiger partial charge >= 0.3 is 11.7 Å². The molecule has 26 heavy (non-hydrogen) atoms. The Hall–Kier alpha value is -2.85. The molecular formula is C16H13N5O3S2. The van der Waals surface area contributed by atoms with Crippen LogP contribution in [0, 0.1) is 0 Å². The summed E-state index contributed by atoms with van der Waals surface area (Å²) in [6, 6.07) is 7.65. The van der Waals surface area contributed by atoms with Gasteiger partial charge in [0.15, 0.2) is 0 Å². The normalized spacial score (nSPS) is 11.1. The summed E-state index contributed by atoms with van der Waals surface area (Å²) in [6.07, 6.45) is 0. The van der Waals surface area contributed by atoms with Crippen molar-refractivity contribution in [2.45, 2.75) is 13.5 Å². The minimum Gasteiger partial charge on any atom is -0.465 e. The first-order valence-electron chi connectivity index (χ1n) is 7.78. The predicted molar refractivity (Wildman–Crippen MR) is 98.3 cm³/mol. The first-order valence-corrected chi connectivity index (χ1v) is 9.54. The number of esters is 1. The molecule has 0 amide bonds. The Kier molecular flexibility index (Phi) is 4.35. The minimum absolute atomic E-state index is 0.142. The lowest BCUT2D eigenvalue weighted by molar-refractivity contribution is -0.144. The zero-order valence-corrected chi connectivity index (χ0v) is 15.3. The first kappa shape index (κ1) is 16.6. The topological polar surface area (TPSA) is 91.4 Å². The van der Waals surface area contributed by atoms with Crippen LogP contribution in [0.5, 0.6) is 0 Å². The second kappa shape index (κ2) is 6.81. The first-order chi connectivity index (χ1) is 12.7. The van der Waals surface area contributed by atoms with Gasteiger partial charge in [0.05, 0.1) is 16.4 Å². The summed E-state index contributed by atoms with van der Waals surface area (Å²) in [6.45, 7) is 1.68. The molecule has 0 fully saturated rings. The second-order valence-electron chi connectivity index (χ2n) is 5.23. The van der Waals surface area contributed by atoms with Crippen molar-refractivity contribution < 1.29 is 9.53 Å². The van der Waals surface area contributed by atoms with Crippen molar-refractivity contribution in [2.24, 2.45) is 0 Å². The van der Waals surface area contributed by atoms with Crippen LogP contribution in [0.2, 0.25) is 0 Å². The van der Waals surface area contributed by atoms with Gasteiger partial charge in [-0.1, -0.05) is 12.1 Å². The quantitative estimate of drug-likeness (QED) is 0.488. The molecule has 0 saturated heterocycles. The highest BCUT2D eigenvalue weighted by molar-refractivity contribution is 7.14. The van der Waals surface area contributed by atoms with Crippen molar-refractivity contribution in [3.63, 3.8) is 0 Å². The van der Waals surface area contributed by atoms with Crippen LogP contribution >= 0.6 is 22.7 Å². The van der Waals surface area contributed by atoms with Gasteiger partial charge in [-0.25, -0.2) is 9.20 Å². The van der Waals surface area contributed by atoms with Crippen LogP contribution in [0.25, 0.3) is 26.9 Å². The van der Waals surface area contributed by atoms with E-state index in [0.29, 0.717) is 11.4 Å². The van der Waals surface area contributed by atoms with E-state index in [2.05, 4.69) is 15.3 Å². The Labute approximate surface area is 155 Å². The number of hydrogen-bond acceptors (Lipinski definition) is 8. The maximum atomic E-state index is 12.9. The second-order valence-corrected chi connectivity index (χ2v) is 7.13. The molecule has 10 heteroatoms. The molecule has 0 aliphatic heterocycles. The van der Waals surface area contributed by atoms with E-state index >= 15 is 0 Å². The van der Waals surface area contributed by atoms with Crippen LogP contribution in [-0.4, -0.2) is 37.0 Å². The number of carbonyl (C=O) groups is 1. The lowest BCUT2D eigenvalue weighted by Gasteiger charge is -2.06. The summed E-state index contributed by atoms with van der Waals surface area (Å²) < 4.78 is 7.35. The Morgan fingerprint density at radius 1 is 1.15 bits per heavy atom. The van der Waals surface area contributed by atoms with Crippen molar-refractivity contribution in [1.29, 1.82) is 0 Å². The molecule has 0 aliphatic carbocycles. The minimum atomic E-state index is -0.526. The fourth-order valence-corrected chi connectivity index (χ4v) is 4.03. The van der Waals surface area contributed by atoms with Gasteiger partial charge in [0.1, 0.15) is 17.9 Å². The molecule has 4 rings (SSSR count). The van der Waals surface area contributed by atoms with E-state index in [1.165, 1.54) is 27.1 Å². The summed E-state index contributed by atoms with van der Waals surface area (Å²) in [5, 5.41) is 16.4. The molecule has 132 valence electrons. The van der Waals surface area contributed by atoms with E-state index in [4.69, 9.17) is 4.74 Å². The van der Waals surface area contributed by atoms with Gasteiger partial charge in [-0.15, -0.1) is 38.0 Å². The van der Waals surface area contributed by atoms with Gasteiger partial charge in [-0.05, 0) is 29.8 Å². The van der Waals surface area contributed by atoms with Gasteiger partial charge in [0, 0.05) is 0 Å². The van der Waals surface area contributed by atoms with Crippen molar-refractivity contribution >= 4 is 34.4 Å². The van der Waals surface area contributed by atoms with E-state index in [1.807, 2.05) is 35.0 Å². The van der Waals surface area contributed by atoms with E-state index in [0.717, 1.165) is 14.4 Å². The standard InChI is InChI=1S/C16H13N5O3S2/c1-2-24-12(22)9-20-16(23)21-14(11-6-4-8-26-11)13(10-5-3-7-25-10)17-18-15(21)19-20/h3-8H,2,9H2,1H3. The fourth-order valence-electron chi connectivity index (χ4n) is 2.56. The SMILES string of the molecule is CCOC(=O)Cn1nc2nnc(-c3cccs3)c(-c3cccs3)n2c1=O. The number of carbonyl (C=O) groups excluding carboxylic acids is 1. The van der Waals surface area contributed by atoms with Gasteiger partial charge in [-0.2, -0.15) is 4.68 Å². The Bertz CT molecular complexity index is 1110. The number of ether oxygens (including phenoxy) is 1. The summed E-state index contributed by atoms with van der Waals surface area (Å²) in [5.41, 5.74) is 0.768. The van der Waals surface area contributed by atoms with Crippen molar-refractivity contribution in [3.05, 3.63) is 45.5 Å². The number of hydrogen-bond donors (Lipinski definition) is 0. The van der Waals surface area contributed by atoms with Crippen molar-refractivity contribution in [2.75, 3.05) is 6.61 Å². The third-order valence-corrected chi connectivity index (χ3v) is 5.36. The highest BCUT2D eigenvalue weighted by Crippen LogP contribution is 2.34. The molecule has 8 nitrogen and oxygen atoms in total. The molecule has 0 unspecified atom stereocenters. The Morgan fingerprint density at radius 3 is 2.54 bits per heavy atom. The number of nitrogens with zero attached hydrogens (tertiary/aromatic N) is 5. The van der Waals surface area contributed by atoms with E-state index in [9.17, 15) is 9.59 Å². The van der Waals surface area contributed by atoms with E-state index in [1.54, 1.807) is 6.92 Å². The molecule has 0 spiro atoms. The van der Waals surface area contributed by atoms with Gasteiger partial charge < -0.3 is 4.74 Å². The summed E-state index contributed by atoms with van der Waals surface area (Å²) in [5.74, 6) is -0.384. The summed E-state index contributed by atoms with van der Waals surface area (Å²) >= 11 is 3.00. The number of aromatic nitrogens is 5. The largest absolute Gasteiger partial charge is 0.465 e. The number of rotatable bonds is 5. The van der Waals surface area contributed by atoms with E-state index < -0.39 is 11.7 Å². The average Bonchev–Trinajstić information content (AvgIpc) is 3.37. The predicted octanol–water partition coefficient (Wildman–Crippen LogP) is 2.31. The summed E-state index contributed by atoms with van der Waals surface area (Å²) in [7, 11) is 0. The molecule has 4 aromatic rings. The smallest absolute Gasteiger partial charge is 0.352 e. The molecule has 0 N–H and O–H groups in total. The molecule has 0 aliphatic rings. The number of fused-ring (bicyclic) bond motifs is 1. The maximum Gasteiger partial charge on any atom is 0.352 e. The van der Waals surface area contributed by atoms with Crippen molar-refractivity contribution in [1.82, 2.24) is 24.4 Å². The average molecular weight is 387 g/mol. The third-order valence-electron chi connectivity index (χ3n) is 3.60. The molecular weight excluding hydrogens is 374 g/mol. The lowest BCUT2D eigenvalue weighted by Crippen LogP contribution is -2.26. The zero-order valence-electron chi connectivity index (χ0n) is 13.7. The van der Waals surface area contributed by atoms with Crippen LogP contribution in [0.1, 0.15) is 6.92 Å². The zero-order chi connectivity index (χ0) is 18.1. The van der Waals surface area contributed by atoms with Gasteiger partial charge in [0.25, 0.3) is 5.78 Å². The van der Waals surface area contributed by atoms with Crippen LogP contribution in [0.3, 0.4) is 0 Å². The van der Waals surface area contributed by atoms with Crippen LogP contribution in [-0.2, 0) is 16.1 Å². The molecule has 4 heterocycles. The highest BCUT2D eigenvalue weighted by Gasteiger charge is 2.21. The van der Waals surface area contributed by atoms with Crippen LogP contribution in [0.15, 0.2) is 39.8 Å². The van der Waals surface area contributed by atoms with Crippen molar-refractivity contribution in [3.8, 4) is 21.1 Å². The lowest BCUT2D eigenvalue weighted by atomic mass is 10.2. The maximum absolute atomic E-state index is 12.9. The third kappa shape index (κ3) is 2.82. The fraction of sp³-hybridized carbons (Fsp3) is 0.188. The molecule has 0 atom stereocenters. The van der Waals surface area contributed by atoms with E-state index in [-0.39, 0.29) is 18.9 Å². The Morgan fingerprint density at radius 2 is 1.88 bits per heavy atom. The molecule has 0 saturated carbocycles. The van der Waals surface area contributed by atoms with Gasteiger partial charge in [0.2, 0.25) is 0 Å². The Balaban J connectivity index is 1.95. The molecule has 0 bridgehead atoms. The number of thiophene rings is 2. The molecule has 4 aromatic heterocycles. The highest BCUT2D eigenvalue weighted by atomic mass is 32.1.